The third-order valence-corrected chi connectivity index (χ3v) is 4.22. The second-order valence-electron chi connectivity index (χ2n) is 5.65. The van der Waals surface area contributed by atoms with Crippen LogP contribution in [0.3, 0.4) is 0 Å². The van der Waals surface area contributed by atoms with Gasteiger partial charge in [0.2, 0.25) is 0 Å². The SMILES string of the molecule is CC(C)C1=CC2(CCCCC2)CCC1. The summed E-state index contributed by atoms with van der Waals surface area (Å²) in [5.41, 5.74) is 2.40. The Labute approximate surface area is 88.8 Å². The first-order valence-corrected chi connectivity index (χ1v) is 6.43. The van der Waals surface area contributed by atoms with E-state index in [2.05, 4.69) is 19.9 Å². The van der Waals surface area contributed by atoms with Gasteiger partial charge in [0.15, 0.2) is 0 Å². The third kappa shape index (κ3) is 2.04. The van der Waals surface area contributed by atoms with Gasteiger partial charge in [-0.2, -0.15) is 0 Å². The molecule has 0 N–H and O–H groups in total. The largest absolute Gasteiger partial charge is 0.0788 e. The van der Waals surface area contributed by atoms with Crippen molar-refractivity contribution in [1.29, 1.82) is 0 Å². The fourth-order valence-electron chi connectivity index (χ4n) is 3.29. The van der Waals surface area contributed by atoms with Gasteiger partial charge >= 0.3 is 0 Å². The van der Waals surface area contributed by atoms with Gasteiger partial charge in [0, 0.05) is 0 Å². The van der Waals surface area contributed by atoms with E-state index in [1.807, 2.05) is 0 Å². The molecule has 1 fully saturated rings. The molecule has 0 unspecified atom stereocenters. The van der Waals surface area contributed by atoms with E-state index in [-0.39, 0.29) is 0 Å². The Kier molecular flexibility index (Phi) is 2.99. The van der Waals surface area contributed by atoms with Crippen molar-refractivity contribution in [2.75, 3.05) is 0 Å². The van der Waals surface area contributed by atoms with E-state index in [1.165, 1.54) is 51.4 Å². The van der Waals surface area contributed by atoms with Crippen LogP contribution in [-0.2, 0) is 0 Å². The molecule has 0 radical (unpaired) electrons. The quantitative estimate of drug-likeness (QED) is 0.528. The maximum Gasteiger partial charge on any atom is -0.0115 e. The Hall–Kier alpha value is -0.260. The third-order valence-electron chi connectivity index (χ3n) is 4.22. The molecule has 0 aromatic rings. The molecule has 0 aliphatic heterocycles. The maximum atomic E-state index is 2.68. The molecule has 80 valence electrons. The van der Waals surface area contributed by atoms with Gasteiger partial charge in [0.05, 0.1) is 0 Å². The highest BCUT2D eigenvalue weighted by molar-refractivity contribution is 5.16. The second kappa shape index (κ2) is 4.08. The summed E-state index contributed by atoms with van der Waals surface area (Å²) >= 11 is 0. The monoisotopic (exact) mass is 192 g/mol. The summed E-state index contributed by atoms with van der Waals surface area (Å²) in [6.07, 6.45) is 14.4. The Bertz CT molecular complexity index is 216. The van der Waals surface area contributed by atoms with Gasteiger partial charge in [-0.15, -0.1) is 0 Å². The van der Waals surface area contributed by atoms with E-state index in [0.29, 0.717) is 5.41 Å². The first kappa shape index (κ1) is 10.3. The lowest BCUT2D eigenvalue weighted by Crippen LogP contribution is -2.25. The van der Waals surface area contributed by atoms with Crippen molar-refractivity contribution in [3.63, 3.8) is 0 Å². The highest BCUT2D eigenvalue weighted by Crippen LogP contribution is 2.46. The highest BCUT2D eigenvalue weighted by atomic mass is 14.4. The minimum Gasteiger partial charge on any atom is -0.0788 e. The summed E-state index contributed by atoms with van der Waals surface area (Å²) in [6, 6.07) is 0. The van der Waals surface area contributed by atoms with Crippen molar-refractivity contribution in [3.05, 3.63) is 11.6 Å². The van der Waals surface area contributed by atoms with Crippen LogP contribution in [0.2, 0.25) is 0 Å². The van der Waals surface area contributed by atoms with Gasteiger partial charge in [-0.1, -0.05) is 44.8 Å². The smallest absolute Gasteiger partial charge is 0.0115 e. The molecule has 0 nitrogen and oxygen atoms in total. The molecule has 1 spiro atoms. The van der Waals surface area contributed by atoms with Crippen molar-refractivity contribution in [2.45, 2.75) is 65.2 Å². The molecule has 0 heteroatoms. The molecule has 2 aliphatic rings. The van der Waals surface area contributed by atoms with Gasteiger partial charge in [-0.25, -0.2) is 0 Å². The number of allylic oxidation sites excluding steroid dienone is 2. The van der Waals surface area contributed by atoms with Crippen LogP contribution < -0.4 is 0 Å². The van der Waals surface area contributed by atoms with E-state index < -0.39 is 0 Å². The van der Waals surface area contributed by atoms with Crippen LogP contribution in [0.4, 0.5) is 0 Å². The Balaban J connectivity index is 2.14. The van der Waals surface area contributed by atoms with Crippen LogP contribution in [0.1, 0.15) is 65.2 Å². The van der Waals surface area contributed by atoms with E-state index in [9.17, 15) is 0 Å². The summed E-state index contributed by atoms with van der Waals surface area (Å²) in [6.45, 7) is 4.71. The molecule has 1 saturated carbocycles. The zero-order valence-corrected chi connectivity index (χ0v) is 9.81. The highest BCUT2D eigenvalue weighted by Gasteiger charge is 2.32. The summed E-state index contributed by atoms with van der Waals surface area (Å²) in [5, 5.41) is 0. The van der Waals surface area contributed by atoms with Crippen LogP contribution in [0.5, 0.6) is 0 Å². The van der Waals surface area contributed by atoms with E-state index in [1.54, 1.807) is 5.57 Å². The molecule has 0 aromatic carbocycles. The first-order valence-electron chi connectivity index (χ1n) is 6.43. The number of rotatable bonds is 1. The van der Waals surface area contributed by atoms with Crippen LogP contribution in [0.25, 0.3) is 0 Å². The molecular formula is C14H24. The first-order chi connectivity index (χ1) is 6.72. The second-order valence-corrected chi connectivity index (χ2v) is 5.65. The summed E-state index contributed by atoms with van der Waals surface area (Å²) in [5.74, 6) is 0.786. The predicted molar refractivity (Wildman–Crippen MR) is 62.3 cm³/mol. The topological polar surface area (TPSA) is 0 Å². The van der Waals surface area contributed by atoms with Crippen molar-refractivity contribution < 1.29 is 0 Å². The van der Waals surface area contributed by atoms with Crippen LogP contribution in [0.15, 0.2) is 11.6 Å². The zero-order chi connectivity index (χ0) is 10.0. The molecule has 0 saturated heterocycles. The number of hydrogen-bond acceptors (Lipinski definition) is 0. The normalized spacial score (nSPS) is 26.6. The molecule has 2 rings (SSSR count). The molecule has 0 atom stereocenters. The minimum atomic E-state index is 0.649. The molecule has 0 bridgehead atoms. The van der Waals surface area contributed by atoms with Gasteiger partial charge in [0.25, 0.3) is 0 Å². The van der Waals surface area contributed by atoms with E-state index in [4.69, 9.17) is 0 Å². The summed E-state index contributed by atoms with van der Waals surface area (Å²) in [4.78, 5) is 0. The fraction of sp³-hybridized carbons (Fsp3) is 0.857. The van der Waals surface area contributed by atoms with Crippen molar-refractivity contribution >= 4 is 0 Å². The molecule has 0 aromatic heterocycles. The molecule has 2 aliphatic carbocycles. The Morgan fingerprint density at radius 3 is 2.29 bits per heavy atom. The maximum absolute atomic E-state index is 2.68. The van der Waals surface area contributed by atoms with Crippen molar-refractivity contribution in [1.82, 2.24) is 0 Å². The Morgan fingerprint density at radius 1 is 1.00 bits per heavy atom. The summed E-state index contributed by atoms with van der Waals surface area (Å²) < 4.78 is 0. The average Bonchev–Trinajstić information content (AvgIpc) is 2.19. The lowest BCUT2D eigenvalue weighted by molar-refractivity contribution is 0.220. The van der Waals surface area contributed by atoms with Gasteiger partial charge in [-0.3, -0.25) is 0 Å². The molecular weight excluding hydrogens is 168 g/mol. The van der Waals surface area contributed by atoms with Crippen LogP contribution in [-0.4, -0.2) is 0 Å². The molecule has 0 amide bonds. The van der Waals surface area contributed by atoms with Crippen molar-refractivity contribution in [2.24, 2.45) is 11.3 Å². The van der Waals surface area contributed by atoms with E-state index in [0.717, 1.165) is 5.92 Å². The lowest BCUT2D eigenvalue weighted by Gasteiger charge is -2.39. The van der Waals surface area contributed by atoms with Crippen LogP contribution >= 0.6 is 0 Å². The number of hydrogen-bond donors (Lipinski definition) is 0. The Morgan fingerprint density at radius 2 is 1.64 bits per heavy atom. The molecule has 0 heterocycles. The summed E-state index contributed by atoms with van der Waals surface area (Å²) in [7, 11) is 0. The van der Waals surface area contributed by atoms with Crippen molar-refractivity contribution in [3.8, 4) is 0 Å². The minimum absolute atomic E-state index is 0.649. The predicted octanol–water partition coefficient (Wildman–Crippen LogP) is 4.70. The van der Waals surface area contributed by atoms with E-state index >= 15 is 0 Å². The molecule has 14 heavy (non-hydrogen) atoms. The standard InChI is InChI=1S/C14H24/c1-12(2)13-7-6-10-14(11-13)8-4-3-5-9-14/h11-12H,3-10H2,1-2H3. The zero-order valence-electron chi connectivity index (χ0n) is 9.81. The lowest BCUT2D eigenvalue weighted by atomic mass is 9.66. The van der Waals surface area contributed by atoms with Gasteiger partial charge < -0.3 is 0 Å². The van der Waals surface area contributed by atoms with Gasteiger partial charge in [0.1, 0.15) is 0 Å². The fourth-order valence-corrected chi connectivity index (χ4v) is 3.29. The van der Waals surface area contributed by atoms with Gasteiger partial charge in [-0.05, 0) is 43.4 Å². The van der Waals surface area contributed by atoms with Crippen LogP contribution in [0, 0.1) is 11.3 Å². The average molecular weight is 192 g/mol.